The number of ether oxygens (including phenoxy) is 3. The van der Waals surface area contributed by atoms with Gasteiger partial charge in [0.25, 0.3) is 5.91 Å². The predicted molar refractivity (Wildman–Crippen MR) is 94.9 cm³/mol. The van der Waals surface area contributed by atoms with Crippen molar-refractivity contribution < 1.29 is 23.8 Å². The summed E-state index contributed by atoms with van der Waals surface area (Å²) in [7, 11) is 3.00. The molecule has 25 heavy (non-hydrogen) atoms. The van der Waals surface area contributed by atoms with Crippen LogP contribution in [0.5, 0.6) is 11.5 Å². The van der Waals surface area contributed by atoms with Crippen LogP contribution in [0.1, 0.15) is 10.4 Å². The zero-order chi connectivity index (χ0) is 18.4. The Labute approximate surface area is 154 Å². The number of carbonyl (C=O) groups is 2. The number of halogens is 2. The molecule has 132 valence electrons. The molecule has 0 heterocycles. The molecule has 0 aliphatic carbocycles. The van der Waals surface area contributed by atoms with Crippen molar-refractivity contribution in [3.05, 3.63) is 52.0 Å². The van der Waals surface area contributed by atoms with E-state index >= 15 is 0 Å². The topological polar surface area (TPSA) is 73.9 Å². The van der Waals surface area contributed by atoms with Crippen LogP contribution in [-0.2, 0) is 9.53 Å². The second kappa shape index (κ2) is 8.60. The predicted octanol–water partition coefficient (Wildman–Crippen LogP) is 3.81. The first-order valence-electron chi connectivity index (χ1n) is 7.08. The minimum Gasteiger partial charge on any atom is -0.497 e. The first-order valence-corrected chi connectivity index (χ1v) is 7.83. The Morgan fingerprint density at radius 2 is 1.60 bits per heavy atom. The zero-order valence-corrected chi connectivity index (χ0v) is 15.0. The normalized spacial score (nSPS) is 10.1. The largest absolute Gasteiger partial charge is 0.497 e. The van der Waals surface area contributed by atoms with Gasteiger partial charge in [0, 0.05) is 23.9 Å². The van der Waals surface area contributed by atoms with Gasteiger partial charge < -0.3 is 19.5 Å². The average molecular weight is 384 g/mol. The minimum absolute atomic E-state index is 0.199. The summed E-state index contributed by atoms with van der Waals surface area (Å²) in [5, 5.41) is 3.14. The van der Waals surface area contributed by atoms with Gasteiger partial charge in [0.1, 0.15) is 11.5 Å². The number of hydrogen-bond donors (Lipinski definition) is 1. The quantitative estimate of drug-likeness (QED) is 0.767. The SMILES string of the molecule is COc1cc(NC(=O)COC(=O)c2ccc(Cl)c(Cl)c2)cc(OC)c1. The lowest BCUT2D eigenvalue weighted by atomic mass is 10.2. The summed E-state index contributed by atoms with van der Waals surface area (Å²) in [5.74, 6) is -0.162. The van der Waals surface area contributed by atoms with Crippen molar-refractivity contribution in [1.29, 1.82) is 0 Å². The molecular weight excluding hydrogens is 369 g/mol. The second-order valence-electron chi connectivity index (χ2n) is 4.85. The van der Waals surface area contributed by atoms with E-state index in [0.717, 1.165) is 0 Å². The van der Waals surface area contributed by atoms with E-state index in [2.05, 4.69) is 5.32 Å². The Hall–Kier alpha value is -2.44. The molecule has 0 saturated carbocycles. The number of carbonyl (C=O) groups excluding carboxylic acids is 2. The van der Waals surface area contributed by atoms with E-state index < -0.39 is 18.5 Å². The lowest BCUT2D eigenvalue weighted by Gasteiger charge is -2.10. The van der Waals surface area contributed by atoms with E-state index in [0.29, 0.717) is 22.2 Å². The van der Waals surface area contributed by atoms with Crippen LogP contribution >= 0.6 is 23.2 Å². The summed E-state index contributed by atoms with van der Waals surface area (Å²) in [6, 6.07) is 9.20. The molecule has 0 aromatic heterocycles. The molecule has 1 amide bonds. The molecule has 0 aliphatic rings. The maximum atomic E-state index is 12.0. The highest BCUT2D eigenvalue weighted by atomic mass is 35.5. The van der Waals surface area contributed by atoms with Gasteiger partial charge in [0.05, 0.1) is 29.8 Å². The molecular formula is C17H15Cl2NO5. The third-order valence-corrected chi connectivity index (χ3v) is 3.86. The summed E-state index contributed by atoms with van der Waals surface area (Å²) in [6.07, 6.45) is 0. The van der Waals surface area contributed by atoms with Gasteiger partial charge in [-0.1, -0.05) is 23.2 Å². The van der Waals surface area contributed by atoms with Gasteiger partial charge in [-0.3, -0.25) is 4.79 Å². The first kappa shape index (κ1) is 18.9. The highest BCUT2D eigenvalue weighted by Gasteiger charge is 2.13. The maximum absolute atomic E-state index is 12.0. The molecule has 0 spiro atoms. The molecule has 0 aliphatic heterocycles. The molecule has 6 nitrogen and oxygen atoms in total. The van der Waals surface area contributed by atoms with E-state index in [1.807, 2.05) is 0 Å². The fourth-order valence-electron chi connectivity index (χ4n) is 1.91. The smallest absolute Gasteiger partial charge is 0.338 e. The van der Waals surface area contributed by atoms with Crippen LogP contribution in [0.4, 0.5) is 5.69 Å². The Morgan fingerprint density at radius 3 is 2.16 bits per heavy atom. The number of benzene rings is 2. The van der Waals surface area contributed by atoms with Crippen molar-refractivity contribution in [3.8, 4) is 11.5 Å². The van der Waals surface area contributed by atoms with Gasteiger partial charge in [0.15, 0.2) is 6.61 Å². The molecule has 1 N–H and O–H groups in total. The Bertz CT molecular complexity index is 772. The molecule has 0 atom stereocenters. The number of methoxy groups -OCH3 is 2. The van der Waals surface area contributed by atoms with Crippen LogP contribution in [0, 0.1) is 0 Å². The van der Waals surface area contributed by atoms with Crippen molar-refractivity contribution in [2.75, 3.05) is 26.1 Å². The number of anilines is 1. The number of esters is 1. The van der Waals surface area contributed by atoms with Gasteiger partial charge >= 0.3 is 5.97 Å². The van der Waals surface area contributed by atoms with Crippen LogP contribution in [0.2, 0.25) is 10.0 Å². The molecule has 8 heteroatoms. The summed E-state index contributed by atoms with van der Waals surface area (Å²) < 4.78 is 15.2. The summed E-state index contributed by atoms with van der Waals surface area (Å²) in [5.41, 5.74) is 0.650. The third kappa shape index (κ3) is 5.27. The molecule has 0 unspecified atom stereocenters. The highest BCUT2D eigenvalue weighted by Crippen LogP contribution is 2.26. The maximum Gasteiger partial charge on any atom is 0.338 e. The van der Waals surface area contributed by atoms with E-state index in [9.17, 15) is 9.59 Å². The van der Waals surface area contributed by atoms with Crippen LogP contribution in [0.3, 0.4) is 0 Å². The molecule has 2 aromatic carbocycles. The van der Waals surface area contributed by atoms with Crippen molar-refractivity contribution in [2.45, 2.75) is 0 Å². The average Bonchev–Trinajstić information content (AvgIpc) is 2.61. The molecule has 0 saturated heterocycles. The third-order valence-electron chi connectivity index (χ3n) is 3.12. The molecule has 0 fully saturated rings. The molecule has 2 rings (SSSR count). The zero-order valence-electron chi connectivity index (χ0n) is 13.5. The number of rotatable bonds is 6. The Morgan fingerprint density at radius 1 is 0.960 bits per heavy atom. The Kier molecular flexibility index (Phi) is 6.50. The van der Waals surface area contributed by atoms with Gasteiger partial charge in [-0.15, -0.1) is 0 Å². The second-order valence-corrected chi connectivity index (χ2v) is 5.67. The van der Waals surface area contributed by atoms with Gasteiger partial charge in [-0.2, -0.15) is 0 Å². The lowest BCUT2D eigenvalue weighted by molar-refractivity contribution is -0.119. The van der Waals surface area contributed by atoms with E-state index in [1.165, 1.54) is 32.4 Å². The summed E-state index contributed by atoms with van der Waals surface area (Å²) in [4.78, 5) is 23.9. The summed E-state index contributed by atoms with van der Waals surface area (Å²) >= 11 is 11.6. The van der Waals surface area contributed by atoms with Crippen LogP contribution < -0.4 is 14.8 Å². The van der Waals surface area contributed by atoms with Gasteiger partial charge in [0.2, 0.25) is 0 Å². The Balaban J connectivity index is 1.96. The van der Waals surface area contributed by atoms with E-state index in [4.69, 9.17) is 37.4 Å². The van der Waals surface area contributed by atoms with Gasteiger partial charge in [-0.25, -0.2) is 4.79 Å². The molecule has 0 bridgehead atoms. The van der Waals surface area contributed by atoms with E-state index in [1.54, 1.807) is 18.2 Å². The summed E-state index contributed by atoms with van der Waals surface area (Å²) in [6.45, 7) is -0.460. The molecule has 2 aromatic rings. The van der Waals surface area contributed by atoms with Crippen molar-refractivity contribution in [2.24, 2.45) is 0 Å². The van der Waals surface area contributed by atoms with Crippen molar-refractivity contribution >= 4 is 40.8 Å². The fraction of sp³-hybridized carbons (Fsp3) is 0.176. The molecule has 0 radical (unpaired) electrons. The van der Waals surface area contributed by atoms with Crippen molar-refractivity contribution in [1.82, 2.24) is 0 Å². The van der Waals surface area contributed by atoms with E-state index in [-0.39, 0.29) is 10.6 Å². The number of hydrogen-bond acceptors (Lipinski definition) is 5. The highest BCUT2D eigenvalue weighted by molar-refractivity contribution is 6.42. The fourth-order valence-corrected chi connectivity index (χ4v) is 2.21. The van der Waals surface area contributed by atoms with Gasteiger partial charge in [-0.05, 0) is 18.2 Å². The van der Waals surface area contributed by atoms with Crippen LogP contribution in [0.15, 0.2) is 36.4 Å². The first-order chi connectivity index (χ1) is 11.9. The lowest BCUT2D eigenvalue weighted by Crippen LogP contribution is -2.21. The minimum atomic E-state index is -0.683. The van der Waals surface area contributed by atoms with Crippen LogP contribution in [0.25, 0.3) is 0 Å². The standard InChI is InChI=1S/C17H15Cl2NO5/c1-23-12-6-11(7-13(8-12)24-2)20-16(21)9-25-17(22)10-3-4-14(18)15(19)5-10/h3-8H,9H2,1-2H3,(H,20,21). The number of nitrogens with one attached hydrogen (secondary N) is 1. The number of amides is 1. The van der Waals surface area contributed by atoms with Crippen molar-refractivity contribution in [3.63, 3.8) is 0 Å². The monoisotopic (exact) mass is 383 g/mol. The van der Waals surface area contributed by atoms with Crippen LogP contribution in [-0.4, -0.2) is 32.7 Å².